The third-order valence-electron chi connectivity index (χ3n) is 7.98. The SMILES string of the molecule is O=C(CC12C[CH]CC(C[CH]C1)C2)NCc1ccc(CNc2cc(-c3ccccc3Cl)nc3c(Br)cnn23)cc1. The molecule has 39 heavy (non-hydrogen) atoms. The Labute approximate surface area is 242 Å². The summed E-state index contributed by atoms with van der Waals surface area (Å²) in [4.78, 5) is 17.6. The van der Waals surface area contributed by atoms with E-state index < -0.39 is 0 Å². The summed E-state index contributed by atoms with van der Waals surface area (Å²) in [5.74, 6) is 1.72. The van der Waals surface area contributed by atoms with Gasteiger partial charge in [0.2, 0.25) is 5.91 Å². The zero-order valence-electron chi connectivity index (χ0n) is 21.7. The van der Waals surface area contributed by atoms with E-state index in [1.165, 1.54) is 19.3 Å². The number of halogens is 2. The molecule has 2 aromatic heterocycles. The minimum Gasteiger partial charge on any atom is -0.366 e. The Kier molecular flexibility index (Phi) is 7.63. The van der Waals surface area contributed by atoms with E-state index in [-0.39, 0.29) is 11.3 Å². The van der Waals surface area contributed by atoms with Gasteiger partial charge in [0.25, 0.3) is 0 Å². The van der Waals surface area contributed by atoms with Gasteiger partial charge in [-0.3, -0.25) is 4.79 Å². The molecule has 8 heteroatoms. The summed E-state index contributed by atoms with van der Waals surface area (Å²) < 4.78 is 2.60. The lowest BCUT2D eigenvalue weighted by Gasteiger charge is -2.44. The second kappa shape index (κ2) is 11.3. The van der Waals surface area contributed by atoms with Gasteiger partial charge in [-0.2, -0.15) is 9.61 Å². The van der Waals surface area contributed by atoms with Gasteiger partial charge in [0, 0.05) is 36.2 Å². The van der Waals surface area contributed by atoms with Gasteiger partial charge >= 0.3 is 0 Å². The van der Waals surface area contributed by atoms with E-state index in [0.29, 0.717) is 30.2 Å². The fourth-order valence-electron chi connectivity index (χ4n) is 6.03. The van der Waals surface area contributed by atoms with Crippen LogP contribution in [0.4, 0.5) is 5.82 Å². The average Bonchev–Trinajstić information content (AvgIpc) is 3.32. The Bertz CT molecular complexity index is 1470. The van der Waals surface area contributed by atoms with Crippen molar-refractivity contribution < 1.29 is 4.79 Å². The minimum atomic E-state index is 0.148. The average molecular weight is 605 g/mol. The summed E-state index contributed by atoms with van der Waals surface area (Å²) in [6, 6.07) is 18.0. The van der Waals surface area contributed by atoms with Crippen LogP contribution in [0.15, 0.2) is 65.3 Å². The quantitative estimate of drug-likeness (QED) is 0.220. The fourth-order valence-corrected chi connectivity index (χ4v) is 6.61. The van der Waals surface area contributed by atoms with Gasteiger partial charge in [-0.05, 0) is 89.4 Å². The molecule has 2 bridgehead atoms. The first kappa shape index (κ1) is 26.3. The number of carbonyl (C=O) groups excluding carboxylic acids is 1. The molecule has 2 fully saturated rings. The van der Waals surface area contributed by atoms with Gasteiger partial charge in [0.15, 0.2) is 5.65 Å². The molecule has 4 aromatic rings. The molecule has 0 saturated heterocycles. The molecule has 0 aliphatic heterocycles. The molecule has 2 aliphatic rings. The Hall–Kier alpha value is -2.90. The standard InChI is InChI=1S/C31H31BrClN5O/c32-25-20-36-38-28(15-27(37-30(25)38)24-7-1-2-8-26(24)33)34-18-22-9-11-23(12-10-22)19-35-29(39)17-31-13-3-5-21(16-31)6-4-14-31/h1-4,7-12,15,20-21,34H,5-6,13-14,16-19H2,(H,35,39). The fraction of sp³-hybridized carbons (Fsp3) is 0.323. The van der Waals surface area contributed by atoms with Crippen LogP contribution in [0, 0.1) is 24.2 Å². The van der Waals surface area contributed by atoms with Crippen LogP contribution in [0.3, 0.4) is 0 Å². The van der Waals surface area contributed by atoms with Crippen LogP contribution in [0.5, 0.6) is 0 Å². The lowest BCUT2D eigenvalue weighted by molar-refractivity contribution is -0.124. The highest BCUT2D eigenvalue weighted by Gasteiger charge is 2.40. The lowest BCUT2D eigenvalue weighted by Crippen LogP contribution is -2.38. The first-order chi connectivity index (χ1) is 19.0. The number of rotatable bonds is 8. The van der Waals surface area contributed by atoms with Crippen molar-refractivity contribution in [2.75, 3.05) is 5.32 Å². The maximum atomic E-state index is 12.8. The maximum absolute atomic E-state index is 12.8. The Morgan fingerprint density at radius 3 is 2.51 bits per heavy atom. The Morgan fingerprint density at radius 1 is 1.05 bits per heavy atom. The van der Waals surface area contributed by atoms with Crippen molar-refractivity contribution in [1.82, 2.24) is 19.9 Å². The first-order valence-electron chi connectivity index (χ1n) is 13.5. The molecule has 2 saturated carbocycles. The van der Waals surface area contributed by atoms with E-state index >= 15 is 0 Å². The highest BCUT2D eigenvalue weighted by molar-refractivity contribution is 9.10. The smallest absolute Gasteiger partial charge is 0.220 e. The summed E-state index contributed by atoms with van der Waals surface area (Å²) in [5, 5.41) is 11.8. The Morgan fingerprint density at radius 2 is 1.77 bits per heavy atom. The van der Waals surface area contributed by atoms with Gasteiger partial charge in [-0.1, -0.05) is 54.1 Å². The van der Waals surface area contributed by atoms with Crippen molar-refractivity contribution in [3.63, 3.8) is 0 Å². The number of benzene rings is 2. The third-order valence-corrected chi connectivity index (χ3v) is 8.87. The van der Waals surface area contributed by atoms with Gasteiger partial charge in [0.05, 0.1) is 16.4 Å². The van der Waals surface area contributed by atoms with Crippen LogP contribution >= 0.6 is 27.5 Å². The molecule has 6 rings (SSSR count). The number of nitrogens with zero attached hydrogens (tertiary/aromatic N) is 3. The molecule has 2 N–H and O–H groups in total. The molecule has 2 heterocycles. The summed E-state index contributed by atoms with van der Waals surface area (Å²) in [7, 11) is 0. The maximum Gasteiger partial charge on any atom is 0.220 e. The molecule has 0 spiro atoms. The van der Waals surface area contributed by atoms with Crippen LogP contribution in [0.1, 0.15) is 49.7 Å². The largest absolute Gasteiger partial charge is 0.366 e. The van der Waals surface area contributed by atoms with Crippen LogP contribution in [0.2, 0.25) is 5.02 Å². The molecule has 0 unspecified atom stereocenters. The minimum absolute atomic E-state index is 0.148. The van der Waals surface area contributed by atoms with Gasteiger partial charge in [-0.25, -0.2) is 4.98 Å². The molecule has 2 aromatic carbocycles. The van der Waals surface area contributed by atoms with E-state index in [1.807, 2.05) is 30.3 Å². The number of hydrogen-bond donors (Lipinski definition) is 2. The van der Waals surface area contributed by atoms with Crippen molar-refractivity contribution in [2.24, 2.45) is 11.3 Å². The van der Waals surface area contributed by atoms with Crippen molar-refractivity contribution >= 4 is 44.9 Å². The van der Waals surface area contributed by atoms with E-state index in [9.17, 15) is 4.79 Å². The van der Waals surface area contributed by atoms with E-state index in [1.54, 1.807) is 10.7 Å². The predicted molar refractivity (Wildman–Crippen MR) is 159 cm³/mol. The number of fused-ring (bicyclic) bond motifs is 3. The van der Waals surface area contributed by atoms with Gasteiger partial charge < -0.3 is 10.6 Å². The normalized spacial score (nSPS) is 20.6. The molecular formula is C31H31BrClN5O. The molecular weight excluding hydrogens is 574 g/mol. The topological polar surface area (TPSA) is 71.3 Å². The zero-order chi connectivity index (χ0) is 26.8. The zero-order valence-corrected chi connectivity index (χ0v) is 24.0. The van der Waals surface area contributed by atoms with Crippen LogP contribution in [-0.4, -0.2) is 20.5 Å². The number of aromatic nitrogens is 3. The Balaban J connectivity index is 1.09. The molecule has 0 atom stereocenters. The number of nitrogens with one attached hydrogen (secondary N) is 2. The number of amides is 1. The second-order valence-electron chi connectivity index (χ2n) is 10.9. The summed E-state index contributed by atoms with van der Waals surface area (Å²) in [6.07, 6.45) is 12.9. The van der Waals surface area contributed by atoms with Crippen molar-refractivity contribution in [1.29, 1.82) is 0 Å². The van der Waals surface area contributed by atoms with Crippen molar-refractivity contribution in [3.05, 3.63) is 94.3 Å². The molecule has 200 valence electrons. The van der Waals surface area contributed by atoms with Gasteiger partial charge in [-0.15, -0.1) is 0 Å². The van der Waals surface area contributed by atoms with Crippen LogP contribution in [-0.2, 0) is 17.9 Å². The van der Waals surface area contributed by atoms with Crippen molar-refractivity contribution in [2.45, 2.75) is 51.6 Å². The number of anilines is 1. The number of carbonyl (C=O) groups is 1. The van der Waals surface area contributed by atoms with Crippen LogP contribution in [0.25, 0.3) is 16.9 Å². The van der Waals surface area contributed by atoms with Gasteiger partial charge in [0.1, 0.15) is 5.82 Å². The second-order valence-corrected chi connectivity index (χ2v) is 12.1. The lowest BCUT2D eigenvalue weighted by atomic mass is 9.60. The summed E-state index contributed by atoms with van der Waals surface area (Å²) in [6.45, 7) is 1.16. The molecule has 2 radical (unpaired) electrons. The van der Waals surface area contributed by atoms with E-state index in [2.05, 4.69) is 68.8 Å². The number of hydrogen-bond acceptors (Lipinski definition) is 4. The summed E-state index contributed by atoms with van der Waals surface area (Å²) >= 11 is 10.0. The summed E-state index contributed by atoms with van der Waals surface area (Å²) in [5.41, 5.74) is 4.72. The van der Waals surface area contributed by atoms with Crippen LogP contribution < -0.4 is 10.6 Å². The highest BCUT2D eigenvalue weighted by atomic mass is 79.9. The molecule has 1 amide bonds. The third kappa shape index (κ3) is 5.85. The van der Waals surface area contributed by atoms with Crippen molar-refractivity contribution in [3.8, 4) is 11.3 Å². The molecule has 2 aliphatic carbocycles. The predicted octanol–water partition coefficient (Wildman–Crippen LogP) is 7.42. The van der Waals surface area contributed by atoms with E-state index in [0.717, 1.165) is 51.4 Å². The monoisotopic (exact) mass is 603 g/mol. The molecule has 6 nitrogen and oxygen atoms in total. The van der Waals surface area contributed by atoms with E-state index in [4.69, 9.17) is 16.6 Å². The first-order valence-corrected chi connectivity index (χ1v) is 14.7. The highest BCUT2D eigenvalue weighted by Crippen LogP contribution is 2.50.